The van der Waals surface area contributed by atoms with Crippen molar-refractivity contribution in [2.75, 3.05) is 17.7 Å². The number of benzene rings is 1. The normalized spacial score (nSPS) is 10.8. The zero-order valence-corrected chi connectivity index (χ0v) is 14.4. The monoisotopic (exact) mass is 350 g/mol. The van der Waals surface area contributed by atoms with Gasteiger partial charge < -0.3 is 4.90 Å². The van der Waals surface area contributed by atoms with E-state index in [4.69, 9.17) is 0 Å². The summed E-state index contributed by atoms with van der Waals surface area (Å²) in [6.45, 7) is 4.80. The highest BCUT2D eigenvalue weighted by atomic mass is 32.2. The zero-order chi connectivity index (χ0) is 17.7. The lowest BCUT2D eigenvalue weighted by Gasteiger charge is -2.16. The van der Waals surface area contributed by atoms with Crippen LogP contribution in [0.15, 0.2) is 29.4 Å². The van der Waals surface area contributed by atoms with Crippen LogP contribution in [0.5, 0.6) is 0 Å². The van der Waals surface area contributed by atoms with Gasteiger partial charge in [0.2, 0.25) is 11.1 Å². The molecule has 0 unspecified atom stereocenters. The molecule has 1 heterocycles. The van der Waals surface area contributed by atoms with Gasteiger partial charge in [-0.2, -0.15) is 0 Å². The van der Waals surface area contributed by atoms with Gasteiger partial charge in [-0.1, -0.05) is 25.6 Å². The molecule has 0 spiro atoms. The predicted molar refractivity (Wildman–Crippen MR) is 89.9 cm³/mol. The topological polar surface area (TPSA) is 107 Å². The largest absolute Gasteiger partial charge is 0.315 e. The average molecular weight is 350 g/mol. The molecule has 24 heavy (non-hydrogen) atoms. The Bertz CT molecular complexity index is 716. The SMILES string of the molecule is CC(C)Cn1nnnc1SCC(=O)N(C)c1ccc([N+](=O)[O-])cc1. The molecule has 2 aromatic rings. The summed E-state index contributed by atoms with van der Waals surface area (Å²) in [4.78, 5) is 23.9. The molecule has 128 valence electrons. The van der Waals surface area contributed by atoms with Crippen LogP contribution in [0.25, 0.3) is 0 Å². The van der Waals surface area contributed by atoms with Crippen LogP contribution in [0.4, 0.5) is 11.4 Å². The quantitative estimate of drug-likeness (QED) is 0.427. The van der Waals surface area contributed by atoms with E-state index in [9.17, 15) is 14.9 Å². The van der Waals surface area contributed by atoms with Gasteiger partial charge in [-0.15, -0.1) is 5.10 Å². The number of carbonyl (C=O) groups is 1. The zero-order valence-electron chi connectivity index (χ0n) is 13.6. The molecule has 0 N–H and O–H groups in total. The van der Waals surface area contributed by atoms with Gasteiger partial charge in [0.05, 0.1) is 10.7 Å². The van der Waals surface area contributed by atoms with E-state index in [-0.39, 0.29) is 17.3 Å². The molecule has 2 rings (SSSR count). The molecule has 0 saturated heterocycles. The van der Waals surface area contributed by atoms with Crippen LogP contribution in [0.2, 0.25) is 0 Å². The predicted octanol–water partition coefficient (Wildman–Crippen LogP) is 1.99. The minimum atomic E-state index is -0.476. The summed E-state index contributed by atoms with van der Waals surface area (Å²) in [5.41, 5.74) is 0.579. The van der Waals surface area contributed by atoms with Gasteiger partial charge in [0.1, 0.15) is 0 Å². The number of amides is 1. The van der Waals surface area contributed by atoms with E-state index >= 15 is 0 Å². The number of carbonyl (C=O) groups excluding carboxylic acids is 1. The Labute approximate surface area is 143 Å². The Morgan fingerprint density at radius 1 is 1.38 bits per heavy atom. The molecule has 10 heteroatoms. The fraction of sp³-hybridized carbons (Fsp3) is 0.429. The Morgan fingerprint density at radius 2 is 2.04 bits per heavy atom. The summed E-state index contributed by atoms with van der Waals surface area (Å²) in [5, 5.41) is 22.7. The number of non-ortho nitro benzene ring substituents is 1. The fourth-order valence-electron chi connectivity index (χ4n) is 1.93. The number of nitrogens with zero attached hydrogens (tertiary/aromatic N) is 6. The lowest BCUT2D eigenvalue weighted by molar-refractivity contribution is -0.384. The minimum absolute atomic E-state index is 0.0122. The number of hydrogen-bond donors (Lipinski definition) is 0. The summed E-state index contributed by atoms with van der Waals surface area (Å²) in [7, 11) is 1.63. The molecule has 0 aliphatic heterocycles. The van der Waals surface area contributed by atoms with Gasteiger partial charge >= 0.3 is 0 Å². The smallest absolute Gasteiger partial charge is 0.269 e. The van der Waals surface area contributed by atoms with E-state index in [0.717, 1.165) is 0 Å². The van der Waals surface area contributed by atoms with Crippen LogP contribution in [0.3, 0.4) is 0 Å². The molecule has 0 aliphatic carbocycles. The molecular weight excluding hydrogens is 332 g/mol. The molecule has 1 aromatic heterocycles. The summed E-state index contributed by atoms with van der Waals surface area (Å²) < 4.78 is 1.68. The molecular formula is C14H18N6O3S. The lowest BCUT2D eigenvalue weighted by atomic mass is 10.2. The third-order valence-corrected chi connectivity index (χ3v) is 4.13. The third-order valence-electron chi connectivity index (χ3n) is 3.18. The van der Waals surface area contributed by atoms with Crippen molar-refractivity contribution in [3.63, 3.8) is 0 Å². The minimum Gasteiger partial charge on any atom is -0.315 e. The van der Waals surface area contributed by atoms with Crippen LogP contribution in [0.1, 0.15) is 13.8 Å². The highest BCUT2D eigenvalue weighted by Crippen LogP contribution is 2.21. The van der Waals surface area contributed by atoms with Gasteiger partial charge in [0, 0.05) is 31.4 Å². The second kappa shape index (κ2) is 7.86. The van der Waals surface area contributed by atoms with E-state index in [1.165, 1.54) is 28.8 Å². The van der Waals surface area contributed by atoms with Crippen molar-refractivity contribution >= 4 is 29.0 Å². The number of anilines is 1. The lowest BCUT2D eigenvalue weighted by Crippen LogP contribution is -2.28. The van der Waals surface area contributed by atoms with Gasteiger partial charge in [-0.3, -0.25) is 14.9 Å². The number of tetrazole rings is 1. The highest BCUT2D eigenvalue weighted by Gasteiger charge is 2.16. The summed E-state index contributed by atoms with van der Waals surface area (Å²) in [5.74, 6) is 0.422. The molecule has 0 fully saturated rings. The standard InChI is InChI=1S/C14H18N6O3S/c1-10(2)8-19-14(15-16-17-19)24-9-13(21)18(3)11-4-6-12(7-5-11)20(22)23/h4-7,10H,8-9H2,1-3H3. The molecule has 0 aliphatic rings. The fourth-order valence-corrected chi connectivity index (χ4v) is 2.73. The first-order chi connectivity index (χ1) is 11.4. The van der Waals surface area contributed by atoms with E-state index in [2.05, 4.69) is 29.4 Å². The summed E-state index contributed by atoms with van der Waals surface area (Å²) in [6.07, 6.45) is 0. The maximum absolute atomic E-state index is 12.3. The van der Waals surface area contributed by atoms with Gasteiger partial charge in [0.15, 0.2) is 0 Å². The number of thioether (sulfide) groups is 1. The van der Waals surface area contributed by atoms with E-state index in [0.29, 0.717) is 23.3 Å². The molecule has 1 aromatic carbocycles. The van der Waals surface area contributed by atoms with Crippen LogP contribution in [-0.2, 0) is 11.3 Å². The molecule has 0 saturated carbocycles. The van der Waals surface area contributed by atoms with Crippen LogP contribution in [0, 0.1) is 16.0 Å². The van der Waals surface area contributed by atoms with Crippen LogP contribution >= 0.6 is 11.8 Å². The van der Waals surface area contributed by atoms with E-state index in [1.807, 2.05) is 0 Å². The van der Waals surface area contributed by atoms with Crippen molar-refractivity contribution in [2.45, 2.75) is 25.5 Å². The van der Waals surface area contributed by atoms with Gasteiger partial charge in [-0.25, -0.2) is 4.68 Å². The van der Waals surface area contributed by atoms with Gasteiger partial charge in [-0.05, 0) is 28.5 Å². The number of rotatable bonds is 7. The van der Waals surface area contributed by atoms with Crippen molar-refractivity contribution in [1.82, 2.24) is 20.2 Å². The van der Waals surface area contributed by atoms with Crippen LogP contribution in [-0.4, -0.2) is 43.8 Å². The van der Waals surface area contributed by atoms with Crippen molar-refractivity contribution in [1.29, 1.82) is 0 Å². The van der Waals surface area contributed by atoms with Crippen molar-refractivity contribution in [3.05, 3.63) is 34.4 Å². The second-order valence-electron chi connectivity index (χ2n) is 5.55. The Morgan fingerprint density at radius 3 is 2.62 bits per heavy atom. The summed E-state index contributed by atoms with van der Waals surface area (Å²) >= 11 is 1.26. The number of aromatic nitrogens is 4. The number of nitro groups is 1. The van der Waals surface area contributed by atoms with Crippen molar-refractivity contribution in [3.8, 4) is 0 Å². The molecule has 9 nitrogen and oxygen atoms in total. The molecule has 0 atom stereocenters. The van der Waals surface area contributed by atoms with E-state index in [1.54, 1.807) is 23.9 Å². The average Bonchev–Trinajstić information content (AvgIpc) is 2.98. The Kier molecular flexibility index (Phi) is 5.85. The van der Waals surface area contributed by atoms with E-state index < -0.39 is 4.92 Å². The maximum atomic E-state index is 12.3. The maximum Gasteiger partial charge on any atom is 0.269 e. The number of nitro benzene ring substituents is 1. The second-order valence-corrected chi connectivity index (χ2v) is 6.49. The Hall–Kier alpha value is -2.49. The number of hydrogen-bond acceptors (Lipinski definition) is 7. The van der Waals surface area contributed by atoms with Crippen molar-refractivity contribution in [2.24, 2.45) is 5.92 Å². The molecule has 0 bridgehead atoms. The first-order valence-electron chi connectivity index (χ1n) is 7.28. The highest BCUT2D eigenvalue weighted by molar-refractivity contribution is 7.99. The first-order valence-corrected chi connectivity index (χ1v) is 8.27. The van der Waals surface area contributed by atoms with Crippen LogP contribution < -0.4 is 4.90 Å². The molecule has 0 radical (unpaired) electrons. The van der Waals surface area contributed by atoms with Gasteiger partial charge in [0.25, 0.3) is 5.69 Å². The summed E-state index contributed by atoms with van der Waals surface area (Å²) in [6, 6.07) is 5.83. The first kappa shape index (κ1) is 17.9. The Balaban J connectivity index is 1.97. The molecule has 1 amide bonds. The van der Waals surface area contributed by atoms with Crippen molar-refractivity contribution < 1.29 is 9.72 Å². The third kappa shape index (κ3) is 4.51.